The molecule has 1 fully saturated rings. The van der Waals surface area contributed by atoms with Crippen molar-refractivity contribution in [3.63, 3.8) is 0 Å². The summed E-state index contributed by atoms with van der Waals surface area (Å²) in [5.74, 6) is 0.275. The number of carboxylic acid groups (broad SMARTS) is 1. The number of carbonyl (C=O) groups excluding carboxylic acids is 1. The molecule has 6 N–H and O–H groups in total. The summed E-state index contributed by atoms with van der Waals surface area (Å²) in [5.41, 5.74) is 7.67. The van der Waals surface area contributed by atoms with Crippen molar-refractivity contribution in [3.05, 3.63) is 35.2 Å². The molecule has 2 heterocycles. The first-order valence-electron chi connectivity index (χ1n) is 9.47. The molecule has 0 unspecified atom stereocenters. The molecule has 0 saturated heterocycles. The number of rotatable bonds is 6. The Morgan fingerprint density at radius 2 is 1.79 bits per heavy atom. The van der Waals surface area contributed by atoms with Gasteiger partial charge in [-0.25, -0.2) is 9.78 Å². The van der Waals surface area contributed by atoms with Gasteiger partial charge in [0.05, 0.1) is 11.7 Å². The third-order valence-corrected chi connectivity index (χ3v) is 4.80. The van der Waals surface area contributed by atoms with Gasteiger partial charge in [-0.2, -0.15) is 0 Å². The van der Waals surface area contributed by atoms with Gasteiger partial charge in [0.15, 0.2) is 11.5 Å². The van der Waals surface area contributed by atoms with Gasteiger partial charge in [0, 0.05) is 17.8 Å². The van der Waals surface area contributed by atoms with Gasteiger partial charge in [-0.3, -0.25) is 4.79 Å². The minimum atomic E-state index is -1.05. The monoisotopic (exact) mass is 399 g/mol. The molecule has 10 heteroatoms. The normalized spacial score (nSPS) is 18.7. The van der Waals surface area contributed by atoms with E-state index in [-0.39, 0.29) is 17.8 Å². The summed E-state index contributed by atoms with van der Waals surface area (Å²) in [4.78, 5) is 27.3. The number of hydrogen-bond donors (Lipinski definition) is 5. The van der Waals surface area contributed by atoms with Crippen LogP contribution in [0.2, 0.25) is 0 Å². The number of nitrogens with one attached hydrogen (secondary N) is 3. The van der Waals surface area contributed by atoms with Crippen LogP contribution in [0.5, 0.6) is 0 Å². The minimum absolute atomic E-state index is 0.000337. The van der Waals surface area contributed by atoms with Gasteiger partial charge >= 0.3 is 6.09 Å². The van der Waals surface area contributed by atoms with Crippen LogP contribution in [0.15, 0.2) is 18.2 Å². The molecule has 2 aromatic heterocycles. The number of aryl methyl sites for hydroxylation is 2. The molecule has 0 aromatic carbocycles. The largest absolute Gasteiger partial charge is 0.465 e. The minimum Gasteiger partial charge on any atom is -0.465 e. The first-order valence-corrected chi connectivity index (χ1v) is 9.47. The number of nitrogens with zero attached hydrogens (tertiary/aromatic N) is 3. The van der Waals surface area contributed by atoms with Crippen LogP contribution in [0.1, 0.15) is 47.4 Å². The van der Waals surface area contributed by atoms with Crippen LogP contribution in [0.4, 0.5) is 22.1 Å². The van der Waals surface area contributed by atoms with Crippen LogP contribution in [-0.4, -0.2) is 44.4 Å². The fourth-order valence-corrected chi connectivity index (χ4v) is 3.61. The molecule has 0 radical (unpaired) electrons. The zero-order chi connectivity index (χ0) is 21.0. The first-order chi connectivity index (χ1) is 13.8. The van der Waals surface area contributed by atoms with Gasteiger partial charge in [0.25, 0.3) is 5.91 Å². The number of anilines is 3. The lowest BCUT2D eigenvalue weighted by molar-refractivity contribution is 0.0995. The van der Waals surface area contributed by atoms with E-state index in [1.54, 1.807) is 6.07 Å². The van der Waals surface area contributed by atoms with Crippen molar-refractivity contribution in [2.45, 2.75) is 51.6 Å². The van der Waals surface area contributed by atoms with Gasteiger partial charge in [-0.05, 0) is 44.4 Å². The van der Waals surface area contributed by atoms with Crippen LogP contribution in [0, 0.1) is 13.8 Å². The van der Waals surface area contributed by atoms with Crippen LogP contribution in [0.3, 0.4) is 0 Å². The third kappa shape index (κ3) is 5.31. The maximum atomic E-state index is 11.8. The van der Waals surface area contributed by atoms with Crippen molar-refractivity contribution in [2.75, 3.05) is 10.6 Å². The Morgan fingerprint density at radius 1 is 1.07 bits per heavy atom. The molecule has 1 aliphatic carbocycles. The van der Waals surface area contributed by atoms with E-state index in [0.717, 1.165) is 36.9 Å². The van der Waals surface area contributed by atoms with E-state index in [4.69, 9.17) is 10.8 Å². The molecule has 154 valence electrons. The summed E-state index contributed by atoms with van der Waals surface area (Å²) in [6.07, 6.45) is 2.43. The fraction of sp³-hybridized carbons (Fsp3) is 0.421. The summed E-state index contributed by atoms with van der Waals surface area (Å²) in [6, 6.07) is 5.08. The van der Waals surface area contributed by atoms with E-state index in [1.165, 1.54) is 0 Å². The summed E-state index contributed by atoms with van der Waals surface area (Å²) in [7, 11) is 0. The zero-order valence-corrected chi connectivity index (χ0v) is 16.4. The Bertz CT molecular complexity index is 898. The van der Waals surface area contributed by atoms with Gasteiger partial charge in [-0.1, -0.05) is 12.8 Å². The summed E-state index contributed by atoms with van der Waals surface area (Å²) in [5, 5.41) is 26.0. The number of hydrogen-bond acceptors (Lipinski definition) is 7. The van der Waals surface area contributed by atoms with E-state index in [9.17, 15) is 9.59 Å². The van der Waals surface area contributed by atoms with Gasteiger partial charge in [0.2, 0.25) is 0 Å². The number of pyridine rings is 1. The van der Waals surface area contributed by atoms with Gasteiger partial charge < -0.3 is 26.8 Å². The van der Waals surface area contributed by atoms with E-state index in [1.807, 2.05) is 26.0 Å². The Kier molecular flexibility index (Phi) is 6.10. The molecular weight excluding hydrogens is 374 g/mol. The van der Waals surface area contributed by atoms with Gasteiger partial charge in [0.1, 0.15) is 5.82 Å². The van der Waals surface area contributed by atoms with E-state index in [0.29, 0.717) is 17.3 Å². The number of carbonyl (C=O) groups is 2. The lowest BCUT2D eigenvalue weighted by Gasteiger charge is -2.32. The predicted molar refractivity (Wildman–Crippen MR) is 108 cm³/mol. The highest BCUT2D eigenvalue weighted by atomic mass is 16.4. The molecule has 1 saturated carbocycles. The molecule has 3 rings (SSSR count). The SMILES string of the molecule is Cc1cc(C)nc(Nc2cc(N[C@@H]3CCCC[C@@H]3NC(=O)O)nnc2C(N)=O)c1. The number of amides is 2. The molecule has 29 heavy (non-hydrogen) atoms. The van der Waals surface area contributed by atoms with Crippen molar-refractivity contribution < 1.29 is 14.7 Å². The van der Waals surface area contributed by atoms with Crippen LogP contribution in [-0.2, 0) is 0 Å². The molecule has 2 aromatic rings. The van der Waals surface area contributed by atoms with Crippen molar-refractivity contribution in [2.24, 2.45) is 5.73 Å². The topological polar surface area (TPSA) is 155 Å². The third-order valence-electron chi connectivity index (χ3n) is 4.80. The zero-order valence-electron chi connectivity index (χ0n) is 16.4. The highest BCUT2D eigenvalue weighted by molar-refractivity contribution is 5.97. The molecule has 0 aliphatic heterocycles. The van der Waals surface area contributed by atoms with Crippen LogP contribution >= 0.6 is 0 Å². The quantitative estimate of drug-likeness (QED) is 0.495. The fourth-order valence-electron chi connectivity index (χ4n) is 3.61. The highest BCUT2D eigenvalue weighted by Crippen LogP contribution is 2.25. The Hall–Kier alpha value is -3.43. The molecule has 0 spiro atoms. The van der Waals surface area contributed by atoms with Crippen molar-refractivity contribution in [1.82, 2.24) is 20.5 Å². The second-order valence-corrected chi connectivity index (χ2v) is 7.24. The molecule has 2 atom stereocenters. The summed E-state index contributed by atoms with van der Waals surface area (Å²) < 4.78 is 0. The Balaban J connectivity index is 1.85. The van der Waals surface area contributed by atoms with Crippen LogP contribution in [0.25, 0.3) is 0 Å². The highest BCUT2D eigenvalue weighted by Gasteiger charge is 2.27. The second kappa shape index (κ2) is 8.72. The van der Waals surface area contributed by atoms with Crippen LogP contribution < -0.4 is 21.7 Å². The maximum Gasteiger partial charge on any atom is 0.404 e. The Labute approximate surface area is 168 Å². The first kappa shape index (κ1) is 20.3. The number of aromatic nitrogens is 3. The Morgan fingerprint density at radius 3 is 2.45 bits per heavy atom. The van der Waals surface area contributed by atoms with E-state index in [2.05, 4.69) is 31.1 Å². The average Bonchev–Trinajstić information content (AvgIpc) is 2.62. The molecule has 1 aliphatic rings. The maximum absolute atomic E-state index is 11.8. The van der Waals surface area contributed by atoms with E-state index >= 15 is 0 Å². The van der Waals surface area contributed by atoms with Crippen molar-refractivity contribution in [1.29, 1.82) is 0 Å². The lowest BCUT2D eigenvalue weighted by Crippen LogP contribution is -2.48. The smallest absolute Gasteiger partial charge is 0.404 e. The van der Waals surface area contributed by atoms with Crippen molar-refractivity contribution in [3.8, 4) is 0 Å². The van der Waals surface area contributed by atoms with Gasteiger partial charge in [-0.15, -0.1) is 10.2 Å². The predicted octanol–water partition coefficient (Wildman–Crippen LogP) is 2.32. The molecule has 0 bridgehead atoms. The number of nitrogens with two attached hydrogens (primary N) is 1. The summed E-state index contributed by atoms with van der Waals surface area (Å²) in [6.45, 7) is 3.83. The van der Waals surface area contributed by atoms with E-state index < -0.39 is 12.0 Å². The standard InChI is InChI=1S/C19H25N7O3/c1-10-7-11(2)21-15(8-10)23-14-9-16(25-26-17(14)18(20)27)22-12-5-3-4-6-13(12)24-19(28)29/h7-9,12-13,24H,3-6H2,1-2H3,(H2,20,27)(H,28,29)(H2,21,22,23,25)/t12-,13+/m1/s1. The van der Waals surface area contributed by atoms with Crippen molar-refractivity contribution >= 4 is 29.3 Å². The molecular formula is C19H25N7O3. The lowest BCUT2D eigenvalue weighted by atomic mass is 9.90. The molecule has 2 amide bonds. The summed E-state index contributed by atoms with van der Waals surface area (Å²) >= 11 is 0. The second-order valence-electron chi connectivity index (χ2n) is 7.24. The average molecular weight is 399 g/mol. The molecule has 10 nitrogen and oxygen atoms in total. The number of primary amides is 1.